The molecular formula is C20H19BN4O4. The average molecular weight is 390 g/mol. The topological polar surface area (TPSA) is 106 Å². The van der Waals surface area contributed by atoms with Crippen molar-refractivity contribution in [1.29, 1.82) is 0 Å². The van der Waals surface area contributed by atoms with Crippen LogP contribution in [0.4, 0.5) is 0 Å². The maximum atomic E-state index is 9.73. The average Bonchev–Trinajstić information content (AvgIpc) is 3.37. The summed E-state index contributed by atoms with van der Waals surface area (Å²) in [7, 11) is 0.131. The van der Waals surface area contributed by atoms with E-state index in [2.05, 4.69) is 15.2 Å². The van der Waals surface area contributed by atoms with E-state index in [-0.39, 0.29) is 17.2 Å². The second-order valence-corrected chi connectivity index (χ2v) is 6.51. The van der Waals surface area contributed by atoms with E-state index in [1.54, 1.807) is 35.3 Å². The van der Waals surface area contributed by atoms with Crippen LogP contribution in [0.15, 0.2) is 65.5 Å². The normalized spacial score (nSPS) is 10.9. The maximum absolute atomic E-state index is 9.73. The number of ether oxygens (including phenoxy) is 1. The number of benzene rings is 2. The van der Waals surface area contributed by atoms with Gasteiger partial charge in [0.1, 0.15) is 11.4 Å². The minimum atomic E-state index is -1.68. The third kappa shape index (κ3) is 4.20. The van der Waals surface area contributed by atoms with Gasteiger partial charge in [-0.3, -0.25) is 0 Å². The fourth-order valence-corrected chi connectivity index (χ4v) is 2.97. The fourth-order valence-electron chi connectivity index (χ4n) is 2.97. The Morgan fingerprint density at radius 3 is 2.59 bits per heavy atom. The van der Waals surface area contributed by atoms with E-state index in [1.165, 1.54) is 5.56 Å². The molecule has 2 N–H and O–H groups in total. The molecule has 0 radical (unpaired) electrons. The first-order chi connectivity index (χ1) is 14.1. The molecule has 146 valence electrons. The van der Waals surface area contributed by atoms with Gasteiger partial charge in [-0.15, -0.1) is 10.2 Å². The lowest BCUT2D eigenvalue weighted by molar-refractivity contribution is 0.322. The van der Waals surface area contributed by atoms with Crippen LogP contribution in [0.1, 0.15) is 5.56 Å². The molecule has 0 bridgehead atoms. The quantitative estimate of drug-likeness (QED) is 0.460. The Bertz CT molecular complexity index is 1090. The third-order valence-corrected chi connectivity index (χ3v) is 4.50. The minimum absolute atomic E-state index is 0.165. The van der Waals surface area contributed by atoms with Crippen molar-refractivity contribution in [3.8, 4) is 28.8 Å². The van der Waals surface area contributed by atoms with Gasteiger partial charge in [-0.05, 0) is 23.2 Å². The summed E-state index contributed by atoms with van der Waals surface area (Å²) in [6, 6.07) is 14.9. The first-order valence-corrected chi connectivity index (χ1v) is 9.09. The predicted octanol–water partition coefficient (Wildman–Crippen LogP) is 1.44. The van der Waals surface area contributed by atoms with Gasteiger partial charge in [0.05, 0.1) is 19.1 Å². The van der Waals surface area contributed by atoms with Crippen LogP contribution in [-0.4, -0.2) is 43.5 Å². The summed E-state index contributed by atoms with van der Waals surface area (Å²) in [4.78, 5) is 4.03. The molecule has 0 aliphatic rings. The highest BCUT2D eigenvalue weighted by molar-refractivity contribution is 6.60. The molecule has 0 aliphatic heterocycles. The first-order valence-electron chi connectivity index (χ1n) is 9.09. The van der Waals surface area contributed by atoms with Crippen molar-refractivity contribution in [3.63, 3.8) is 0 Å². The summed E-state index contributed by atoms with van der Waals surface area (Å²) in [5.74, 6) is 1.02. The Morgan fingerprint density at radius 2 is 1.86 bits per heavy atom. The number of nitrogens with zero attached hydrogens (tertiary/aromatic N) is 4. The molecule has 9 heteroatoms. The van der Waals surface area contributed by atoms with Crippen molar-refractivity contribution in [2.45, 2.75) is 6.42 Å². The van der Waals surface area contributed by atoms with Gasteiger partial charge in [0.25, 0.3) is 5.89 Å². The Kier molecular flexibility index (Phi) is 5.41. The van der Waals surface area contributed by atoms with E-state index in [9.17, 15) is 10.0 Å². The maximum Gasteiger partial charge on any atom is 0.489 e. The lowest BCUT2D eigenvalue weighted by Gasteiger charge is -2.10. The molecule has 0 amide bonds. The molecule has 29 heavy (non-hydrogen) atoms. The van der Waals surface area contributed by atoms with E-state index in [0.717, 1.165) is 6.42 Å². The summed E-state index contributed by atoms with van der Waals surface area (Å²) in [6.45, 7) is 0.481. The zero-order valence-electron chi connectivity index (χ0n) is 15.8. The van der Waals surface area contributed by atoms with Crippen LogP contribution >= 0.6 is 0 Å². The highest BCUT2D eigenvalue weighted by Gasteiger charge is 2.22. The van der Waals surface area contributed by atoms with Gasteiger partial charge < -0.3 is 23.8 Å². The molecule has 0 aliphatic carbocycles. The van der Waals surface area contributed by atoms with Gasteiger partial charge in [0.2, 0.25) is 5.89 Å². The van der Waals surface area contributed by atoms with Crippen molar-refractivity contribution >= 4 is 12.6 Å². The summed E-state index contributed by atoms with van der Waals surface area (Å²) < 4.78 is 13.3. The predicted molar refractivity (Wildman–Crippen MR) is 107 cm³/mol. The van der Waals surface area contributed by atoms with Gasteiger partial charge in [-0.2, -0.15) is 0 Å². The van der Waals surface area contributed by atoms with Gasteiger partial charge in [0, 0.05) is 19.0 Å². The van der Waals surface area contributed by atoms with Crippen LogP contribution in [0.5, 0.6) is 5.75 Å². The second kappa shape index (κ2) is 8.30. The van der Waals surface area contributed by atoms with Crippen LogP contribution in [0.2, 0.25) is 0 Å². The number of rotatable bonds is 7. The van der Waals surface area contributed by atoms with Crippen molar-refractivity contribution in [3.05, 3.63) is 66.6 Å². The molecule has 2 aromatic carbocycles. The monoisotopic (exact) mass is 390 g/mol. The SMILES string of the molecule is Cn1cncc1-c1nnc(-c2cc(OCCc3ccccc3)ccc2B(O)O)o1. The molecule has 0 atom stereocenters. The van der Waals surface area contributed by atoms with Crippen molar-refractivity contribution in [2.24, 2.45) is 7.05 Å². The van der Waals surface area contributed by atoms with Crippen molar-refractivity contribution in [1.82, 2.24) is 19.7 Å². The zero-order chi connectivity index (χ0) is 20.2. The van der Waals surface area contributed by atoms with Crippen molar-refractivity contribution < 1.29 is 19.2 Å². The standard InChI is InChI=1S/C20H19BN4O4/c1-25-13-22-12-18(25)20-24-23-19(29-20)16-11-15(7-8-17(16)21(26)27)28-10-9-14-5-3-2-4-6-14/h2-8,11-13,26-27H,9-10H2,1H3. The highest BCUT2D eigenvalue weighted by Crippen LogP contribution is 2.25. The van der Waals surface area contributed by atoms with Gasteiger partial charge in [-0.25, -0.2) is 4.98 Å². The molecule has 0 saturated heterocycles. The van der Waals surface area contributed by atoms with Gasteiger partial charge in [0.15, 0.2) is 0 Å². The molecule has 4 aromatic rings. The molecule has 0 fully saturated rings. The number of hydrogen-bond acceptors (Lipinski definition) is 7. The molecule has 2 heterocycles. The zero-order valence-corrected chi connectivity index (χ0v) is 15.8. The summed E-state index contributed by atoms with van der Waals surface area (Å²) >= 11 is 0. The Balaban J connectivity index is 1.57. The smallest absolute Gasteiger partial charge is 0.489 e. The number of hydrogen-bond donors (Lipinski definition) is 2. The van der Waals surface area contributed by atoms with Crippen molar-refractivity contribution in [2.75, 3.05) is 6.61 Å². The third-order valence-electron chi connectivity index (χ3n) is 4.50. The largest absolute Gasteiger partial charge is 0.493 e. The Labute approximate surface area is 167 Å². The second-order valence-electron chi connectivity index (χ2n) is 6.51. The Hall–Kier alpha value is -3.43. The highest BCUT2D eigenvalue weighted by atomic mass is 16.5. The molecule has 0 spiro atoms. The van der Waals surface area contributed by atoms with Gasteiger partial charge >= 0.3 is 7.12 Å². The van der Waals surface area contributed by atoms with E-state index >= 15 is 0 Å². The minimum Gasteiger partial charge on any atom is -0.493 e. The molecular weight excluding hydrogens is 371 g/mol. The molecule has 0 unspecified atom stereocenters. The van der Waals surface area contributed by atoms with Crippen LogP contribution in [0.25, 0.3) is 23.0 Å². The lowest BCUT2D eigenvalue weighted by Crippen LogP contribution is -2.31. The van der Waals surface area contributed by atoms with Gasteiger partial charge in [-0.1, -0.05) is 36.4 Å². The van der Waals surface area contributed by atoms with Crippen LogP contribution < -0.4 is 10.2 Å². The van der Waals surface area contributed by atoms with Crippen LogP contribution in [-0.2, 0) is 13.5 Å². The summed E-state index contributed by atoms with van der Waals surface area (Å²) in [6.07, 6.45) is 4.00. The van der Waals surface area contributed by atoms with E-state index in [1.807, 2.05) is 37.4 Å². The number of imidazole rings is 1. The number of aromatic nitrogens is 4. The van der Waals surface area contributed by atoms with E-state index in [4.69, 9.17) is 9.15 Å². The lowest BCUT2D eigenvalue weighted by atomic mass is 9.77. The van der Waals surface area contributed by atoms with E-state index in [0.29, 0.717) is 23.6 Å². The summed E-state index contributed by atoms with van der Waals surface area (Å²) in [5.41, 5.74) is 2.48. The van der Waals surface area contributed by atoms with Crippen LogP contribution in [0, 0.1) is 0 Å². The number of aryl methyl sites for hydroxylation is 1. The molecule has 0 saturated carbocycles. The fraction of sp³-hybridized carbons (Fsp3) is 0.150. The van der Waals surface area contributed by atoms with E-state index < -0.39 is 7.12 Å². The molecule has 2 aromatic heterocycles. The van der Waals surface area contributed by atoms with Crippen LogP contribution in [0.3, 0.4) is 0 Å². The summed E-state index contributed by atoms with van der Waals surface area (Å²) in [5, 5.41) is 27.6. The first kappa shape index (κ1) is 18.9. The molecule has 4 rings (SSSR count). The molecule has 8 nitrogen and oxygen atoms in total. The Morgan fingerprint density at radius 1 is 1.07 bits per heavy atom.